The molecule has 5 heteroatoms. The molecule has 0 radical (unpaired) electrons. The van der Waals surface area contributed by atoms with Crippen LogP contribution < -0.4 is 19.9 Å². The Hall–Kier alpha value is 0.0569. The highest BCUT2D eigenvalue weighted by atomic mass is 28.4. The Morgan fingerprint density at radius 2 is 1.05 bits per heavy atom. The zero-order chi connectivity index (χ0) is 15.6. The van der Waals surface area contributed by atoms with E-state index in [2.05, 4.69) is 68.4 Å². The molecule has 0 aromatic carbocycles. The maximum absolute atomic E-state index is 3.85. The first-order chi connectivity index (χ1) is 9.42. The Morgan fingerprint density at radius 1 is 0.700 bits per heavy atom. The van der Waals surface area contributed by atoms with Crippen LogP contribution in [0.15, 0.2) is 0 Å². The topological polar surface area (TPSA) is 48.1 Å². The predicted molar refractivity (Wildman–Crippen MR) is 92.7 cm³/mol. The van der Waals surface area contributed by atoms with E-state index >= 15 is 0 Å². The summed E-state index contributed by atoms with van der Waals surface area (Å²) in [5, 5.41) is 0. The molecule has 3 unspecified atom stereocenters. The minimum Gasteiger partial charge on any atom is -0.301 e. The van der Waals surface area contributed by atoms with Gasteiger partial charge in [-0.15, -0.1) is 0 Å². The second kappa shape index (κ2) is 10.7. The molecular weight excluding hydrogens is 264 g/mol. The van der Waals surface area contributed by atoms with E-state index in [0.717, 1.165) is 32.2 Å². The van der Waals surface area contributed by atoms with E-state index < -0.39 is 8.72 Å². The summed E-state index contributed by atoms with van der Waals surface area (Å²) in [6, 6.07) is 1.54. The lowest BCUT2D eigenvalue weighted by molar-refractivity contribution is 0.514. The van der Waals surface area contributed by atoms with Crippen LogP contribution in [-0.2, 0) is 0 Å². The SMILES string of the molecule is CCCN[Si](NC(C)CC)(NC(C)CC)NC(C)CC. The third-order valence-electron chi connectivity index (χ3n) is 3.87. The standard InChI is InChI=1S/C15H38N4Si/c1-8-12-16-20(17-13(5)9-2,18-14(6)10-3)19-15(7)11-4/h13-19H,8-12H2,1-7H3. The van der Waals surface area contributed by atoms with Gasteiger partial charge in [-0.2, -0.15) is 0 Å². The molecule has 0 bridgehead atoms. The molecule has 0 aliphatic heterocycles. The van der Waals surface area contributed by atoms with E-state index in [1.807, 2.05) is 0 Å². The first-order valence-corrected chi connectivity index (χ1v) is 10.5. The van der Waals surface area contributed by atoms with Gasteiger partial charge in [0.2, 0.25) is 0 Å². The van der Waals surface area contributed by atoms with Gasteiger partial charge in [-0.25, -0.2) is 0 Å². The highest BCUT2D eigenvalue weighted by Gasteiger charge is 2.37. The van der Waals surface area contributed by atoms with E-state index in [1.165, 1.54) is 0 Å². The summed E-state index contributed by atoms with van der Waals surface area (Å²) < 4.78 is 0. The Balaban J connectivity index is 5.03. The van der Waals surface area contributed by atoms with Crippen molar-refractivity contribution in [3.8, 4) is 0 Å². The van der Waals surface area contributed by atoms with Gasteiger partial charge in [-0.1, -0.05) is 48.5 Å². The molecule has 0 aromatic heterocycles. The zero-order valence-corrected chi connectivity index (χ0v) is 15.8. The maximum Gasteiger partial charge on any atom is 0.366 e. The van der Waals surface area contributed by atoms with Gasteiger partial charge in [0, 0.05) is 18.1 Å². The van der Waals surface area contributed by atoms with Crippen molar-refractivity contribution >= 4 is 8.72 Å². The molecule has 3 atom stereocenters. The highest BCUT2D eigenvalue weighted by Crippen LogP contribution is 2.01. The molecule has 0 saturated carbocycles. The normalized spacial score (nSPS) is 19.4. The Bertz CT molecular complexity index is 207. The predicted octanol–water partition coefficient (Wildman–Crippen LogP) is 2.59. The van der Waals surface area contributed by atoms with Crippen molar-refractivity contribution in [1.82, 2.24) is 19.9 Å². The molecular formula is C15H38N4Si. The molecule has 0 fully saturated rings. The van der Waals surface area contributed by atoms with Gasteiger partial charge in [0.1, 0.15) is 0 Å². The lowest BCUT2D eigenvalue weighted by Gasteiger charge is -2.40. The third kappa shape index (κ3) is 7.74. The molecule has 0 aromatic rings. The van der Waals surface area contributed by atoms with Crippen LogP contribution in [0.3, 0.4) is 0 Å². The van der Waals surface area contributed by atoms with Gasteiger partial charge in [0.25, 0.3) is 0 Å². The van der Waals surface area contributed by atoms with Crippen LogP contribution in [0.5, 0.6) is 0 Å². The minimum atomic E-state index is -2.07. The largest absolute Gasteiger partial charge is 0.366 e. The molecule has 20 heavy (non-hydrogen) atoms. The fraction of sp³-hybridized carbons (Fsp3) is 1.00. The quantitative estimate of drug-likeness (QED) is 0.419. The molecule has 0 rings (SSSR count). The zero-order valence-electron chi connectivity index (χ0n) is 14.8. The van der Waals surface area contributed by atoms with Crippen LogP contribution >= 0.6 is 0 Å². The average Bonchev–Trinajstić information content (AvgIpc) is 2.44. The minimum absolute atomic E-state index is 0.513. The van der Waals surface area contributed by atoms with Crippen LogP contribution in [0.2, 0.25) is 0 Å². The van der Waals surface area contributed by atoms with Crippen LogP contribution in [0, 0.1) is 0 Å². The molecule has 0 aliphatic rings. The highest BCUT2D eigenvalue weighted by molar-refractivity contribution is 6.70. The molecule has 0 aliphatic carbocycles. The molecule has 4 N–H and O–H groups in total. The Kier molecular flexibility index (Phi) is 10.8. The summed E-state index contributed by atoms with van der Waals surface area (Å²) in [6.07, 6.45) is 4.59. The van der Waals surface area contributed by atoms with Crippen molar-refractivity contribution in [3.05, 3.63) is 0 Å². The fourth-order valence-corrected chi connectivity index (χ4v) is 6.02. The number of hydrogen-bond acceptors (Lipinski definition) is 4. The van der Waals surface area contributed by atoms with Gasteiger partial charge >= 0.3 is 8.72 Å². The second-order valence-electron chi connectivity index (χ2n) is 6.04. The van der Waals surface area contributed by atoms with Gasteiger partial charge in [-0.3, -0.25) is 14.9 Å². The lowest BCUT2D eigenvalue weighted by Crippen LogP contribution is -2.84. The summed E-state index contributed by atoms with van der Waals surface area (Å²) in [5.74, 6) is 0. The molecule has 122 valence electrons. The van der Waals surface area contributed by atoms with Crippen molar-refractivity contribution in [2.75, 3.05) is 6.54 Å². The van der Waals surface area contributed by atoms with Gasteiger partial charge < -0.3 is 4.98 Å². The van der Waals surface area contributed by atoms with E-state index in [1.54, 1.807) is 0 Å². The van der Waals surface area contributed by atoms with Crippen molar-refractivity contribution in [3.63, 3.8) is 0 Å². The lowest BCUT2D eigenvalue weighted by atomic mass is 10.3. The summed E-state index contributed by atoms with van der Waals surface area (Å²) in [7, 11) is -2.07. The van der Waals surface area contributed by atoms with E-state index in [4.69, 9.17) is 0 Å². The fourth-order valence-electron chi connectivity index (χ4n) is 2.01. The molecule has 0 spiro atoms. The monoisotopic (exact) mass is 302 g/mol. The maximum atomic E-state index is 3.85. The molecule has 4 nitrogen and oxygen atoms in total. The van der Waals surface area contributed by atoms with E-state index in [9.17, 15) is 0 Å². The van der Waals surface area contributed by atoms with Crippen LogP contribution in [0.25, 0.3) is 0 Å². The second-order valence-corrected chi connectivity index (χ2v) is 8.76. The summed E-state index contributed by atoms with van der Waals surface area (Å²) >= 11 is 0. The smallest absolute Gasteiger partial charge is 0.301 e. The number of hydrogen-bond donors (Lipinski definition) is 4. The van der Waals surface area contributed by atoms with Crippen molar-refractivity contribution in [2.24, 2.45) is 0 Å². The third-order valence-corrected chi connectivity index (χ3v) is 7.42. The van der Waals surface area contributed by atoms with Gasteiger partial charge in [0.05, 0.1) is 0 Å². The molecule has 0 amide bonds. The molecule has 0 saturated heterocycles. The summed E-state index contributed by atoms with van der Waals surface area (Å²) in [4.78, 5) is 15.3. The number of nitrogens with one attached hydrogen (secondary N) is 4. The first-order valence-electron chi connectivity index (χ1n) is 8.50. The first kappa shape index (κ1) is 20.1. The van der Waals surface area contributed by atoms with E-state index in [0.29, 0.717) is 18.1 Å². The number of rotatable bonds is 12. The van der Waals surface area contributed by atoms with Crippen LogP contribution in [-0.4, -0.2) is 33.4 Å². The average molecular weight is 303 g/mol. The molecule has 0 heterocycles. The van der Waals surface area contributed by atoms with E-state index in [-0.39, 0.29) is 0 Å². The Morgan fingerprint density at radius 3 is 1.30 bits per heavy atom. The van der Waals surface area contributed by atoms with Crippen molar-refractivity contribution in [1.29, 1.82) is 0 Å². The Labute approximate surface area is 128 Å². The summed E-state index contributed by atoms with van der Waals surface area (Å²) in [6.45, 7) is 16.8. The van der Waals surface area contributed by atoms with Crippen molar-refractivity contribution in [2.45, 2.75) is 92.3 Å². The van der Waals surface area contributed by atoms with Crippen molar-refractivity contribution < 1.29 is 0 Å². The van der Waals surface area contributed by atoms with Gasteiger partial charge in [0.15, 0.2) is 0 Å². The van der Waals surface area contributed by atoms with Crippen LogP contribution in [0.1, 0.15) is 74.1 Å². The van der Waals surface area contributed by atoms with Crippen LogP contribution in [0.4, 0.5) is 0 Å². The van der Waals surface area contributed by atoms with Gasteiger partial charge in [-0.05, 0) is 32.2 Å². The summed E-state index contributed by atoms with van der Waals surface area (Å²) in [5.41, 5.74) is 0.